The predicted molar refractivity (Wildman–Crippen MR) is 99.6 cm³/mol. The van der Waals surface area contributed by atoms with Gasteiger partial charge in [0.2, 0.25) is 5.91 Å². The van der Waals surface area contributed by atoms with E-state index in [0.717, 1.165) is 17.5 Å². The van der Waals surface area contributed by atoms with Crippen LogP contribution in [-0.4, -0.2) is 27.6 Å². The molecule has 0 atom stereocenters. The molecule has 1 aliphatic rings. The molecule has 0 radical (unpaired) electrons. The Kier molecular flexibility index (Phi) is 4.59. The third-order valence-corrected chi connectivity index (χ3v) is 4.81. The summed E-state index contributed by atoms with van der Waals surface area (Å²) < 4.78 is 6.04. The zero-order valence-corrected chi connectivity index (χ0v) is 15.0. The van der Waals surface area contributed by atoms with Crippen LogP contribution in [0.5, 0.6) is 0 Å². The molecule has 2 amide bonds. The topological polar surface area (TPSA) is 106 Å². The first-order valence-corrected chi connectivity index (χ1v) is 9.29. The molecule has 2 heterocycles. The van der Waals surface area contributed by atoms with E-state index < -0.39 is 11.7 Å². The highest BCUT2D eigenvalue weighted by Crippen LogP contribution is 2.21. The molecule has 9 heteroatoms. The lowest BCUT2D eigenvalue weighted by Gasteiger charge is -2.07. The van der Waals surface area contributed by atoms with Crippen molar-refractivity contribution in [2.75, 3.05) is 5.32 Å². The van der Waals surface area contributed by atoms with E-state index in [1.807, 2.05) is 11.4 Å². The summed E-state index contributed by atoms with van der Waals surface area (Å²) in [7, 11) is 0. The van der Waals surface area contributed by atoms with E-state index in [1.54, 1.807) is 30.3 Å². The van der Waals surface area contributed by atoms with Crippen molar-refractivity contribution in [3.8, 4) is 10.8 Å². The maximum absolute atomic E-state index is 12.2. The van der Waals surface area contributed by atoms with Gasteiger partial charge in [0.1, 0.15) is 6.54 Å². The van der Waals surface area contributed by atoms with Gasteiger partial charge in [-0.25, -0.2) is 4.79 Å². The van der Waals surface area contributed by atoms with Crippen LogP contribution in [0.1, 0.15) is 23.2 Å². The molecule has 3 aromatic rings. The SMILES string of the molecule is O=C(Cn1nc(-c2cccs2)oc1=O)Nc1cccc(C(=O)NC2CC2)c1. The standard InChI is InChI=1S/C18H16N4O4S/c23-15(10-22-18(25)26-17(21-22)14-5-2-8-27-14)19-13-4-1-3-11(9-13)16(24)20-12-6-7-12/h1-5,8-9,12H,6-7,10H2,(H,19,23)(H,20,24). The molecule has 0 unspecified atom stereocenters. The number of benzene rings is 1. The van der Waals surface area contributed by atoms with Gasteiger partial charge in [-0.1, -0.05) is 12.1 Å². The molecule has 138 valence electrons. The van der Waals surface area contributed by atoms with Crippen LogP contribution in [0.4, 0.5) is 5.69 Å². The van der Waals surface area contributed by atoms with Gasteiger partial charge in [-0.2, -0.15) is 4.68 Å². The Bertz CT molecular complexity index is 1030. The van der Waals surface area contributed by atoms with Gasteiger partial charge in [-0.05, 0) is 42.5 Å². The molecular formula is C18H16N4O4S. The average molecular weight is 384 g/mol. The van der Waals surface area contributed by atoms with E-state index in [9.17, 15) is 14.4 Å². The smallest absolute Gasteiger partial charge is 0.387 e. The van der Waals surface area contributed by atoms with E-state index in [4.69, 9.17) is 4.42 Å². The molecule has 0 aliphatic heterocycles. The van der Waals surface area contributed by atoms with E-state index >= 15 is 0 Å². The minimum Gasteiger partial charge on any atom is -0.387 e. The molecule has 0 bridgehead atoms. The number of nitrogens with zero attached hydrogens (tertiary/aromatic N) is 2. The third-order valence-electron chi connectivity index (χ3n) is 3.95. The Hall–Kier alpha value is -3.20. The first kappa shape index (κ1) is 17.2. The van der Waals surface area contributed by atoms with E-state index in [0.29, 0.717) is 16.1 Å². The highest BCUT2D eigenvalue weighted by atomic mass is 32.1. The maximum atomic E-state index is 12.2. The summed E-state index contributed by atoms with van der Waals surface area (Å²) in [6, 6.07) is 10.5. The van der Waals surface area contributed by atoms with Crippen LogP contribution in [0.15, 0.2) is 51.0 Å². The number of anilines is 1. The first-order chi connectivity index (χ1) is 13.1. The van der Waals surface area contributed by atoms with Crippen molar-refractivity contribution >= 4 is 28.8 Å². The number of nitrogens with one attached hydrogen (secondary N) is 2. The van der Waals surface area contributed by atoms with Crippen molar-refractivity contribution in [2.24, 2.45) is 0 Å². The summed E-state index contributed by atoms with van der Waals surface area (Å²) in [5, 5.41) is 11.4. The van der Waals surface area contributed by atoms with Crippen molar-refractivity contribution in [1.29, 1.82) is 0 Å². The Labute approximate surface area is 157 Å². The summed E-state index contributed by atoms with van der Waals surface area (Å²) in [5.74, 6) is -1.13. The number of carbonyl (C=O) groups is 2. The molecule has 1 fully saturated rings. The van der Waals surface area contributed by atoms with Crippen LogP contribution >= 0.6 is 11.3 Å². The van der Waals surface area contributed by atoms with Crippen LogP contribution in [-0.2, 0) is 11.3 Å². The van der Waals surface area contributed by atoms with Gasteiger partial charge in [-0.3, -0.25) is 9.59 Å². The Morgan fingerprint density at radius 3 is 2.85 bits per heavy atom. The number of hydrogen-bond acceptors (Lipinski definition) is 6. The highest BCUT2D eigenvalue weighted by Gasteiger charge is 2.23. The lowest BCUT2D eigenvalue weighted by molar-refractivity contribution is -0.117. The number of hydrogen-bond donors (Lipinski definition) is 2. The molecule has 2 aromatic heterocycles. The minimum absolute atomic E-state index is 0.165. The summed E-state index contributed by atoms with van der Waals surface area (Å²) in [5.41, 5.74) is 0.941. The number of amides is 2. The monoisotopic (exact) mass is 384 g/mol. The molecule has 27 heavy (non-hydrogen) atoms. The molecule has 0 saturated heterocycles. The number of rotatable bonds is 6. The summed E-state index contributed by atoms with van der Waals surface area (Å²) in [6.07, 6.45) is 2.00. The van der Waals surface area contributed by atoms with Gasteiger partial charge in [0.05, 0.1) is 4.88 Å². The quantitative estimate of drug-likeness (QED) is 0.677. The van der Waals surface area contributed by atoms with Gasteiger partial charge >= 0.3 is 5.76 Å². The maximum Gasteiger partial charge on any atom is 0.437 e. The molecule has 0 spiro atoms. The first-order valence-electron chi connectivity index (χ1n) is 8.41. The number of aromatic nitrogens is 2. The fourth-order valence-corrected chi connectivity index (χ4v) is 3.12. The summed E-state index contributed by atoms with van der Waals surface area (Å²) >= 11 is 1.39. The second-order valence-electron chi connectivity index (χ2n) is 6.18. The lowest BCUT2D eigenvalue weighted by Crippen LogP contribution is -2.27. The average Bonchev–Trinajstić information content (AvgIpc) is 3.15. The highest BCUT2D eigenvalue weighted by molar-refractivity contribution is 7.13. The van der Waals surface area contributed by atoms with E-state index in [2.05, 4.69) is 15.7 Å². The molecule has 1 aliphatic carbocycles. The van der Waals surface area contributed by atoms with Crippen LogP contribution in [0.3, 0.4) is 0 Å². The van der Waals surface area contributed by atoms with Crippen molar-refractivity contribution in [2.45, 2.75) is 25.4 Å². The number of thiophene rings is 1. The second-order valence-corrected chi connectivity index (χ2v) is 7.13. The fourth-order valence-electron chi connectivity index (χ4n) is 2.48. The summed E-state index contributed by atoms with van der Waals surface area (Å²) in [4.78, 5) is 36.9. The molecule has 8 nitrogen and oxygen atoms in total. The van der Waals surface area contributed by atoms with Gasteiger partial charge in [0, 0.05) is 17.3 Å². The van der Waals surface area contributed by atoms with E-state index in [1.165, 1.54) is 11.3 Å². The Morgan fingerprint density at radius 2 is 2.11 bits per heavy atom. The minimum atomic E-state index is -0.703. The zero-order chi connectivity index (χ0) is 18.8. The van der Waals surface area contributed by atoms with Crippen LogP contribution in [0, 0.1) is 0 Å². The van der Waals surface area contributed by atoms with Crippen LogP contribution in [0.25, 0.3) is 10.8 Å². The van der Waals surface area contributed by atoms with Gasteiger partial charge in [0.15, 0.2) is 0 Å². The fraction of sp³-hybridized carbons (Fsp3) is 0.222. The molecule has 1 aromatic carbocycles. The van der Waals surface area contributed by atoms with Crippen molar-refractivity contribution in [3.63, 3.8) is 0 Å². The van der Waals surface area contributed by atoms with Crippen LogP contribution < -0.4 is 16.4 Å². The molecule has 4 rings (SSSR count). The van der Waals surface area contributed by atoms with Gasteiger partial charge in [-0.15, -0.1) is 16.4 Å². The molecule has 2 N–H and O–H groups in total. The predicted octanol–water partition coefficient (Wildman–Crippen LogP) is 2.10. The van der Waals surface area contributed by atoms with Crippen molar-refractivity contribution in [3.05, 3.63) is 57.9 Å². The zero-order valence-electron chi connectivity index (χ0n) is 14.2. The van der Waals surface area contributed by atoms with Crippen LogP contribution in [0.2, 0.25) is 0 Å². The second kappa shape index (κ2) is 7.20. The van der Waals surface area contributed by atoms with Crippen molar-refractivity contribution in [1.82, 2.24) is 15.1 Å². The van der Waals surface area contributed by atoms with Crippen molar-refractivity contribution < 1.29 is 14.0 Å². The summed E-state index contributed by atoms with van der Waals surface area (Å²) in [6.45, 7) is -0.286. The van der Waals surface area contributed by atoms with E-state index in [-0.39, 0.29) is 24.4 Å². The largest absolute Gasteiger partial charge is 0.437 e. The third kappa shape index (κ3) is 4.14. The lowest BCUT2D eigenvalue weighted by atomic mass is 10.2. The molecular weight excluding hydrogens is 368 g/mol. The number of carbonyl (C=O) groups excluding carboxylic acids is 2. The van der Waals surface area contributed by atoms with Gasteiger partial charge < -0.3 is 15.1 Å². The Balaban J connectivity index is 1.42. The van der Waals surface area contributed by atoms with Gasteiger partial charge in [0.25, 0.3) is 11.8 Å². The Morgan fingerprint density at radius 1 is 1.26 bits per heavy atom. The molecule has 1 saturated carbocycles. The normalized spacial score (nSPS) is 13.3.